The molecule has 0 bridgehead atoms. The van der Waals surface area contributed by atoms with E-state index in [1.165, 1.54) is 24.3 Å². The van der Waals surface area contributed by atoms with Gasteiger partial charge in [0.05, 0.1) is 24.0 Å². The summed E-state index contributed by atoms with van der Waals surface area (Å²) >= 11 is 0. The van der Waals surface area contributed by atoms with Crippen molar-refractivity contribution >= 4 is 15.7 Å². The van der Waals surface area contributed by atoms with Crippen molar-refractivity contribution in [3.8, 4) is 5.75 Å². The summed E-state index contributed by atoms with van der Waals surface area (Å²) < 4.78 is 52.7. The zero-order valence-electron chi connectivity index (χ0n) is 13.7. The molecule has 0 saturated carbocycles. The van der Waals surface area contributed by atoms with Crippen LogP contribution in [0.5, 0.6) is 5.75 Å². The van der Waals surface area contributed by atoms with E-state index in [0.29, 0.717) is 11.1 Å². The Morgan fingerprint density at radius 2 is 1.85 bits per heavy atom. The Kier molecular flexibility index (Phi) is 5.22. The normalized spacial score (nSPS) is 18.2. The number of benzene rings is 2. The number of nitrogens with one attached hydrogen (secondary N) is 1. The first-order valence-electron chi connectivity index (χ1n) is 7.94. The fourth-order valence-electron chi connectivity index (χ4n) is 2.98. The highest BCUT2D eigenvalue weighted by atomic mass is 32.2. The van der Waals surface area contributed by atoms with Crippen LogP contribution in [0.1, 0.15) is 22.7 Å². The highest BCUT2D eigenvalue weighted by Gasteiger charge is 2.30. The number of rotatable bonds is 5. The van der Waals surface area contributed by atoms with E-state index in [-0.39, 0.29) is 29.6 Å². The molecule has 2 aromatic carbocycles. The third-order valence-corrected chi connectivity index (χ3v) is 5.67. The first-order valence-corrected chi connectivity index (χ1v) is 9.76. The molecule has 0 radical (unpaired) electrons. The molecule has 1 aliphatic heterocycles. The molecule has 1 aliphatic rings. The Morgan fingerprint density at radius 3 is 2.54 bits per heavy atom. The number of amides is 1. The molecule has 1 unspecified atom stereocenters. The molecule has 0 spiro atoms. The zero-order chi connectivity index (χ0) is 18.7. The van der Waals surface area contributed by atoms with E-state index >= 15 is 0 Å². The lowest BCUT2D eigenvalue weighted by molar-refractivity contribution is -0.121. The van der Waals surface area contributed by atoms with Crippen LogP contribution in [0.4, 0.5) is 8.78 Å². The number of hydrogen-bond donors (Lipinski definition) is 1. The van der Waals surface area contributed by atoms with Crippen LogP contribution >= 0.6 is 0 Å². The van der Waals surface area contributed by atoms with E-state index in [2.05, 4.69) is 10.1 Å². The monoisotopic (exact) mass is 381 g/mol. The molecule has 8 heteroatoms. The number of sulfone groups is 1. The van der Waals surface area contributed by atoms with Gasteiger partial charge in [0.15, 0.2) is 9.84 Å². The van der Waals surface area contributed by atoms with Crippen molar-refractivity contribution in [3.05, 3.63) is 65.2 Å². The van der Waals surface area contributed by atoms with Gasteiger partial charge in [-0.2, -0.15) is 8.78 Å². The third-order valence-electron chi connectivity index (χ3n) is 4.07. The van der Waals surface area contributed by atoms with Gasteiger partial charge in [0, 0.05) is 0 Å². The maximum atomic E-state index is 12.3. The molecule has 138 valence electrons. The molecular formula is C18H17F2NO4S. The van der Waals surface area contributed by atoms with Gasteiger partial charge >= 0.3 is 6.61 Å². The van der Waals surface area contributed by atoms with E-state index in [1.807, 2.05) is 6.07 Å². The second-order valence-electron chi connectivity index (χ2n) is 6.07. The van der Waals surface area contributed by atoms with Crippen molar-refractivity contribution < 1.29 is 26.7 Å². The number of ether oxygens (including phenoxy) is 1. The highest BCUT2D eigenvalue weighted by molar-refractivity contribution is 7.90. The molecule has 0 fully saturated rings. The van der Waals surface area contributed by atoms with Crippen molar-refractivity contribution in [1.82, 2.24) is 5.32 Å². The van der Waals surface area contributed by atoms with Gasteiger partial charge in [0.2, 0.25) is 5.91 Å². The molecule has 3 rings (SSSR count). The van der Waals surface area contributed by atoms with Gasteiger partial charge in [-0.3, -0.25) is 4.79 Å². The lowest BCUT2D eigenvalue weighted by Crippen LogP contribution is -2.37. The Bertz CT molecular complexity index is 898. The molecule has 26 heavy (non-hydrogen) atoms. The molecule has 5 nitrogen and oxygen atoms in total. The van der Waals surface area contributed by atoms with Gasteiger partial charge < -0.3 is 10.1 Å². The van der Waals surface area contributed by atoms with E-state index in [0.717, 1.165) is 5.56 Å². The maximum absolute atomic E-state index is 12.3. The van der Waals surface area contributed by atoms with Crippen molar-refractivity contribution in [2.75, 3.05) is 5.75 Å². The van der Waals surface area contributed by atoms with Gasteiger partial charge in [-0.25, -0.2) is 8.42 Å². The van der Waals surface area contributed by atoms with Crippen LogP contribution in [0.25, 0.3) is 0 Å². The predicted octanol–water partition coefficient (Wildman–Crippen LogP) is 2.62. The minimum Gasteiger partial charge on any atom is -0.435 e. The first kappa shape index (κ1) is 18.3. The molecular weight excluding hydrogens is 364 g/mol. The van der Waals surface area contributed by atoms with Gasteiger partial charge in [-0.05, 0) is 28.8 Å². The average Bonchev–Trinajstić information content (AvgIpc) is 2.55. The lowest BCUT2D eigenvalue weighted by atomic mass is 10.0. The second-order valence-corrected chi connectivity index (χ2v) is 8.18. The van der Waals surface area contributed by atoms with E-state index in [9.17, 15) is 22.0 Å². The van der Waals surface area contributed by atoms with Crippen LogP contribution in [0, 0.1) is 0 Å². The summed E-state index contributed by atoms with van der Waals surface area (Å²) in [5.41, 5.74) is 2.10. The van der Waals surface area contributed by atoms with Crippen molar-refractivity contribution in [3.63, 3.8) is 0 Å². The van der Waals surface area contributed by atoms with E-state index < -0.39 is 22.5 Å². The van der Waals surface area contributed by atoms with E-state index in [1.54, 1.807) is 18.2 Å². The van der Waals surface area contributed by atoms with Gasteiger partial charge in [0.25, 0.3) is 0 Å². The van der Waals surface area contributed by atoms with Gasteiger partial charge in [0.1, 0.15) is 5.75 Å². The smallest absolute Gasteiger partial charge is 0.387 e. The number of hydrogen-bond acceptors (Lipinski definition) is 4. The molecule has 0 saturated heterocycles. The maximum Gasteiger partial charge on any atom is 0.387 e. The van der Waals surface area contributed by atoms with Crippen LogP contribution in [0.15, 0.2) is 48.5 Å². The Labute approximate surface area is 149 Å². The summed E-state index contributed by atoms with van der Waals surface area (Å²) in [5, 5.41) is 2.76. The SMILES string of the molecule is O=C(Cc1ccc(OC(F)F)cc1)NC1CS(=O)(=O)Cc2ccccc21. The summed E-state index contributed by atoms with van der Waals surface area (Å²) in [4.78, 5) is 12.3. The van der Waals surface area contributed by atoms with Crippen LogP contribution < -0.4 is 10.1 Å². The Hall–Kier alpha value is -2.48. The predicted molar refractivity (Wildman–Crippen MR) is 91.6 cm³/mol. The molecule has 1 N–H and O–H groups in total. The van der Waals surface area contributed by atoms with Crippen LogP contribution in [0.2, 0.25) is 0 Å². The number of alkyl halides is 2. The van der Waals surface area contributed by atoms with Crippen molar-refractivity contribution in [1.29, 1.82) is 0 Å². The van der Waals surface area contributed by atoms with Crippen LogP contribution in [-0.2, 0) is 26.8 Å². The average molecular weight is 381 g/mol. The van der Waals surface area contributed by atoms with Crippen LogP contribution in [-0.4, -0.2) is 26.7 Å². The number of carbonyl (C=O) groups is 1. The summed E-state index contributed by atoms with van der Waals surface area (Å²) in [6, 6.07) is 12.3. The van der Waals surface area contributed by atoms with Crippen LogP contribution in [0.3, 0.4) is 0 Å². The van der Waals surface area contributed by atoms with Crippen molar-refractivity contribution in [2.24, 2.45) is 0 Å². The van der Waals surface area contributed by atoms with Gasteiger partial charge in [-0.1, -0.05) is 36.4 Å². The molecule has 0 aromatic heterocycles. The molecule has 2 aromatic rings. The topological polar surface area (TPSA) is 72.5 Å². The number of fused-ring (bicyclic) bond motifs is 1. The Morgan fingerprint density at radius 1 is 1.15 bits per heavy atom. The van der Waals surface area contributed by atoms with E-state index in [4.69, 9.17) is 0 Å². The first-order chi connectivity index (χ1) is 12.3. The Balaban J connectivity index is 1.68. The zero-order valence-corrected chi connectivity index (χ0v) is 14.5. The fourth-order valence-corrected chi connectivity index (χ4v) is 4.61. The molecule has 1 atom stereocenters. The fraction of sp³-hybridized carbons (Fsp3) is 0.278. The molecule has 0 aliphatic carbocycles. The molecule has 1 heterocycles. The number of halogens is 2. The second kappa shape index (κ2) is 7.41. The molecule has 1 amide bonds. The highest BCUT2D eigenvalue weighted by Crippen LogP contribution is 2.28. The minimum atomic E-state index is -3.28. The standard InChI is InChI=1S/C18H17F2NO4S/c19-18(20)25-14-7-5-12(6-8-14)9-17(22)21-16-11-26(23,24)10-13-3-1-2-4-15(13)16/h1-8,16,18H,9-11H2,(H,21,22). The summed E-state index contributed by atoms with van der Waals surface area (Å²) in [6.45, 7) is -2.91. The quantitative estimate of drug-likeness (QED) is 0.864. The lowest BCUT2D eigenvalue weighted by Gasteiger charge is -2.26. The summed E-state index contributed by atoms with van der Waals surface area (Å²) in [5.74, 6) is -0.501. The summed E-state index contributed by atoms with van der Waals surface area (Å²) in [6.07, 6.45) is 0.00761. The van der Waals surface area contributed by atoms with Crippen molar-refractivity contribution in [2.45, 2.75) is 24.8 Å². The summed E-state index contributed by atoms with van der Waals surface area (Å²) in [7, 11) is -3.28. The third kappa shape index (κ3) is 4.57. The minimum absolute atomic E-state index is 0.00761. The van der Waals surface area contributed by atoms with Gasteiger partial charge in [-0.15, -0.1) is 0 Å². The number of carbonyl (C=O) groups excluding carboxylic acids is 1. The largest absolute Gasteiger partial charge is 0.435 e.